The highest BCUT2D eigenvalue weighted by Crippen LogP contribution is 2.20. The second-order valence-electron chi connectivity index (χ2n) is 6.02. The molecule has 2 amide bonds. The van der Waals surface area contributed by atoms with Gasteiger partial charge in [0.2, 0.25) is 11.8 Å². The number of hydrogen-bond donors (Lipinski definition) is 1. The first-order valence-corrected chi connectivity index (χ1v) is 8.49. The van der Waals surface area contributed by atoms with Crippen molar-refractivity contribution in [2.45, 2.75) is 13.8 Å². The van der Waals surface area contributed by atoms with Crippen molar-refractivity contribution in [1.82, 2.24) is 0 Å². The van der Waals surface area contributed by atoms with Crippen molar-refractivity contribution < 1.29 is 14.3 Å². The molecule has 0 aromatic heterocycles. The van der Waals surface area contributed by atoms with Crippen LogP contribution in [0.2, 0.25) is 0 Å². The highest BCUT2D eigenvalue weighted by atomic mass is 16.5. The molecule has 0 unspecified atom stereocenters. The smallest absolute Gasteiger partial charge is 0.244 e. The fourth-order valence-corrected chi connectivity index (χ4v) is 2.46. The number of carbonyl (C=O) groups excluding carboxylic acids is 2. The monoisotopic (exact) mass is 355 g/mol. The largest absolute Gasteiger partial charge is 0.494 e. The third-order valence-corrected chi connectivity index (χ3v) is 3.81. The molecular formula is C20H25N3O3. The van der Waals surface area contributed by atoms with E-state index >= 15 is 0 Å². The number of benzene rings is 2. The molecule has 1 N–H and O–H groups in total. The number of nitrogens with zero attached hydrogens (tertiary/aromatic N) is 2. The average Bonchev–Trinajstić information content (AvgIpc) is 2.61. The lowest BCUT2D eigenvalue weighted by Crippen LogP contribution is -2.36. The normalized spacial score (nSPS) is 10.2. The minimum absolute atomic E-state index is 0.0517. The zero-order valence-corrected chi connectivity index (χ0v) is 15.7. The molecule has 0 heterocycles. The second-order valence-corrected chi connectivity index (χ2v) is 6.02. The first-order chi connectivity index (χ1) is 12.4. The van der Waals surface area contributed by atoms with Gasteiger partial charge in [-0.2, -0.15) is 0 Å². The van der Waals surface area contributed by atoms with Crippen molar-refractivity contribution in [3.8, 4) is 5.75 Å². The standard InChI is InChI=1S/C20H25N3O3/c1-5-26-19-12-6-16(7-13-19)21-20(25)14-23(15(2)24)18-10-8-17(9-11-18)22(3)4/h6-13H,5,14H2,1-4H3,(H,21,25). The number of ether oxygens (including phenoxy) is 1. The van der Waals surface area contributed by atoms with Crippen molar-refractivity contribution in [2.24, 2.45) is 0 Å². The summed E-state index contributed by atoms with van der Waals surface area (Å²) in [5, 5.41) is 2.80. The fraction of sp³-hybridized carbons (Fsp3) is 0.300. The van der Waals surface area contributed by atoms with Gasteiger partial charge in [0.25, 0.3) is 0 Å². The van der Waals surface area contributed by atoms with E-state index in [1.807, 2.05) is 50.2 Å². The van der Waals surface area contributed by atoms with Crippen LogP contribution < -0.4 is 19.9 Å². The number of carbonyl (C=O) groups is 2. The number of amides is 2. The van der Waals surface area contributed by atoms with E-state index in [0.717, 1.165) is 11.4 Å². The fourth-order valence-electron chi connectivity index (χ4n) is 2.46. The van der Waals surface area contributed by atoms with Crippen LogP contribution in [-0.4, -0.2) is 39.1 Å². The zero-order chi connectivity index (χ0) is 19.1. The molecule has 0 saturated heterocycles. The molecule has 6 nitrogen and oxygen atoms in total. The van der Waals surface area contributed by atoms with E-state index in [1.54, 1.807) is 24.3 Å². The average molecular weight is 355 g/mol. The molecule has 0 aliphatic heterocycles. The lowest BCUT2D eigenvalue weighted by molar-refractivity contribution is -0.120. The van der Waals surface area contributed by atoms with Gasteiger partial charge in [0.15, 0.2) is 0 Å². The third-order valence-electron chi connectivity index (χ3n) is 3.81. The van der Waals surface area contributed by atoms with Crippen molar-refractivity contribution >= 4 is 28.9 Å². The van der Waals surface area contributed by atoms with Crippen LogP contribution in [0.1, 0.15) is 13.8 Å². The second kappa shape index (κ2) is 8.89. The SMILES string of the molecule is CCOc1ccc(NC(=O)CN(C(C)=O)c2ccc(N(C)C)cc2)cc1. The maximum absolute atomic E-state index is 12.3. The molecule has 6 heteroatoms. The molecule has 0 aliphatic rings. The molecule has 26 heavy (non-hydrogen) atoms. The highest BCUT2D eigenvalue weighted by molar-refractivity contribution is 6.01. The first-order valence-electron chi connectivity index (χ1n) is 8.49. The van der Waals surface area contributed by atoms with Gasteiger partial charge < -0.3 is 19.9 Å². The zero-order valence-electron chi connectivity index (χ0n) is 15.7. The maximum Gasteiger partial charge on any atom is 0.244 e. The molecule has 0 fully saturated rings. The van der Waals surface area contributed by atoms with Crippen molar-refractivity contribution in [1.29, 1.82) is 0 Å². The van der Waals surface area contributed by atoms with Crippen LogP contribution in [0.4, 0.5) is 17.1 Å². The van der Waals surface area contributed by atoms with E-state index in [9.17, 15) is 9.59 Å². The highest BCUT2D eigenvalue weighted by Gasteiger charge is 2.16. The van der Waals surface area contributed by atoms with Crippen molar-refractivity contribution in [3.05, 3.63) is 48.5 Å². The molecule has 0 saturated carbocycles. The van der Waals surface area contributed by atoms with Crippen LogP contribution in [0.25, 0.3) is 0 Å². The summed E-state index contributed by atoms with van der Waals surface area (Å²) in [6, 6.07) is 14.6. The molecule has 0 radical (unpaired) electrons. The molecule has 0 spiro atoms. The van der Waals surface area contributed by atoms with Gasteiger partial charge in [0.1, 0.15) is 12.3 Å². The van der Waals surface area contributed by atoms with Gasteiger partial charge in [-0.1, -0.05) is 0 Å². The summed E-state index contributed by atoms with van der Waals surface area (Å²) >= 11 is 0. The summed E-state index contributed by atoms with van der Waals surface area (Å²) in [6.07, 6.45) is 0. The predicted octanol–water partition coefficient (Wildman–Crippen LogP) is 3.14. The Kier molecular flexibility index (Phi) is 6.60. The number of anilines is 3. The van der Waals surface area contributed by atoms with E-state index in [1.165, 1.54) is 11.8 Å². The summed E-state index contributed by atoms with van der Waals surface area (Å²) in [4.78, 5) is 27.7. The van der Waals surface area contributed by atoms with Gasteiger partial charge in [-0.25, -0.2) is 0 Å². The van der Waals surface area contributed by atoms with Crippen LogP contribution >= 0.6 is 0 Å². The number of hydrogen-bond acceptors (Lipinski definition) is 4. The lowest BCUT2D eigenvalue weighted by Gasteiger charge is -2.22. The van der Waals surface area contributed by atoms with E-state index in [0.29, 0.717) is 18.0 Å². The molecule has 2 aromatic carbocycles. The van der Waals surface area contributed by atoms with E-state index in [-0.39, 0.29) is 18.4 Å². The van der Waals surface area contributed by atoms with Crippen LogP contribution in [0.5, 0.6) is 5.75 Å². The van der Waals surface area contributed by atoms with Gasteiger partial charge in [0, 0.05) is 38.1 Å². The summed E-state index contributed by atoms with van der Waals surface area (Å²) in [7, 11) is 3.89. The van der Waals surface area contributed by atoms with Crippen molar-refractivity contribution in [2.75, 3.05) is 42.4 Å². The molecule has 0 atom stereocenters. The summed E-state index contributed by atoms with van der Waals surface area (Å²) < 4.78 is 5.38. The van der Waals surface area contributed by atoms with Gasteiger partial charge in [-0.05, 0) is 55.5 Å². The number of rotatable bonds is 7. The predicted molar refractivity (Wildman–Crippen MR) is 105 cm³/mol. The van der Waals surface area contributed by atoms with Gasteiger partial charge >= 0.3 is 0 Å². The Morgan fingerprint density at radius 2 is 1.54 bits per heavy atom. The molecule has 0 aliphatic carbocycles. The minimum atomic E-state index is -0.263. The van der Waals surface area contributed by atoms with Gasteiger partial charge in [-0.3, -0.25) is 9.59 Å². The topological polar surface area (TPSA) is 61.9 Å². The Bertz CT molecular complexity index is 740. The van der Waals surface area contributed by atoms with Crippen LogP contribution in [0, 0.1) is 0 Å². The molecule has 2 rings (SSSR count). The summed E-state index contributed by atoms with van der Waals surface area (Å²) in [5.74, 6) is 0.294. The Hall–Kier alpha value is -3.02. The Morgan fingerprint density at radius 3 is 2.04 bits per heavy atom. The summed E-state index contributed by atoms with van der Waals surface area (Å²) in [6.45, 7) is 3.90. The van der Waals surface area contributed by atoms with Crippen LogP contribution in [0.3, 0.4) is 0 Å². The minimum Gasteiger partial charge on any atom is -0.494 e. The quantitative estimate of drug-likeness (QED) is 0.829. The van der Waals surface area contributed by atoms with Crippen LogP contribution in [-0.2, 0) is 9.59 Å². The number of nitrogens with one attached hydrogen (secondary N) is 1. The van der Waals surface area contributed by atoms with Crippen LogP contribution in [0.15, 0.2) is 48.5 Å². The van der Waals surface area contributed by atoms with Crippen molar-refractivity contribution in [3.63, 3.8) is 0 Å². The maximum atomic E-state index is 12.3. The van der Waals surface area contributed by atoms with Gasteiger partial charge in [0.05, 0.1) is 6.61 Å². The molecule has 138 valence electrons. The third kappa shape index (κ3) is 5.24. The first kappa shape index (κ1) is 19.3. The van der Waals surface area contributed by atoms with E-state index < -0.39 is 0 Å². The lowest BCUT2D eigenvalue weighted by atomic mass is 10.2. The molecular weight excluding hydrogens is 330 g/mol. The Labute approximate surface area is 154 Å². The van der Waals surface area contributed by atoms with Gasteiger partial charge in [-0.15, -0.1) is 0 Å². The Morgan fingerprint density at radius 1 is 0.962 bits per heavy atom. The van der Waals surface area contributed by atoms with E-state index in [4.69, 9.17) is 4.74 Å². The Balaban J connectivity index is 2.04. The summed E-state index contributed by atoms with van der Waals surface area (Å²) in [5.41, 5.74) is 2.37. The molecule has 2 aromatic rings. The molecule has 0 bridgehead atoms. The van der Waals surface area contributed by atoms with E-state index in [2.05, 4.69) is 5.32 Å².